The van der Waals surface area contributed by atoms with Crippen molar-refractivity contribution in [2.45, 2.75) is 0 Å². The van der Waals surface area contributed by atoms with Gasteiger partial charge in [0.25, 0.3) is 0 Å². The van der Waals surface area contributed by atoms with E-state index in [9.17, 15) is 8.42 Å². The van der Waals surface area contributed by atoms with Crippen LogP contribution >= 0.6 is 0 Å². The van der Waals surface area contributed by atoms with Crippen LogP contribution in [0, 0.1) is 0 Å². The molecule has 0 fully saturated rings. The molecule has 0 aromatic heterocycles. The molecule has 0 saturated heterocycles. The molecular weight excluding hydrogens is 126 g/mol. The topological polar surface area (TPSA) is 46.5 Å². The van der Waals surface area contributed by atoms with Gasteiger partial charge in [-0.2, -0.15) is 0 Å². The molecule has 0 saturated carbocycles. The van der Waals surface area contributed by atoms with Crippen LogP contribution in [0.1, 0.15) is 0 Å². The van der Waals surface area contributed by atoms with Crippen LogP contribution in [0.2, 0.25) is 0 Å². The van der Waals surface area contributed by atoms with E-state index in [1.54, 1.807) is 7.05 Å². The standard InChI is InChI=1S/C4H9NO2S/c1-5-3-4-8(2,6)7/h3H,4H2,1-2H3. The SMILES string of the molecule is CN=CCS(C)(=O)=O. The van der Waals surface area contributed by atoms with E-state index in [-0.39, 0.29) is 5.75 Å². The summed E-state index contributed by atoms with van der Waals surface area (Å²) in [4.78, 5) is 3.52. The van der Waals surface area contributed by atoms with Crippen LogP contribution in [0.25, 0.3) is 0 Å². The summed E-state index contributed by atoms with van der Waals surface area (Å²) in [5.74, 6) is 0.0451. The molecule has 0 spiro atoms. The van der Waals surface area contributed by atoms with Gasteiger partial charge in [-0.15, -0.1) is 0 Å². The van der Waals surface area contributed by atoms with Gasteiger partial charge in [0, 0.05) is 19.5 Å². The number of rotatable bonds is 2. The Kier molecular flexibility index (Phi) is 2.68. The number of nitrogens with zero attached hydrogens (tertiary/aromatic N) is 1. The maximum absolute atomic E-state index is 10.3. The van der Waals surface area contributed by atoms with Gasteiger partial charge in [0.2, 0.25) is 0 Å². The van der Waals surface area contributed by atoms with E-state index in [0.717, 1.165) is 0 Å². The monoisotopic (exact) mass is 135 g/mol. The number of sulfone groups is 1. The van der Waals surface area contributed by atoms with Gasteiger partial charge in [0.1, 0.15) is 0 Å². The van der Waals surface area contributed by atoms with E-state index in [2.05, 4.69) is 4.99 Å². The fourth-order valence-corrected chi connectivity index (χ4v) is 0.630. The summed E-state index contributed by atoms with van der Waals surface area (Å²) in [5.41, 5.74) is 0. The van der Waals surface area contributed by atoms with Gasteiger partial charge in [-0.25, -0.2) is 8.42 Å². The lowest BCUT2D eigenvalue weighted by Gasteiger charge is -1.84. The summed E-state index contributed by atoms with van der Waals surface area (Å²) < 4.78 is 20.6. The van der Waals surface area contributed by atoms with Crippen LogP contribution in [0.3, 0.4) is 0 Å². The van der Waals surface area contributed by atoms with Crippen LogP contribution < -0.4 is 0 Å². The predicted octanol–water partition coefficient (Wildman–Crippen LogP) is -0.268. The van der Waals surface area contributed by atoms with E-state index in [1.807, 2.05) is 0 Å². The second-order valence-corrected chi connectivity index (χ2v) is 3.72. The Balaban J connectivity index is 3.76. The molecule has 0 aliphatic rings. The van der Waals surface area contributed by atoms with Crippen molar-refractivity contribution in [3.05, 3.63) is 0 Å². The maximum atomic E-state index is 10.3. The molecule has 0 atom stereocenters. The van der Waals surface area contributed by atoms with E-state index in [1.165, 1.54) is 12.5 Å². The summed E-state index contributed by atoms with van der Waals surface area (Å²) in [6.45, 7) is 0. The number of aliphatic imine (C=N–C) groups is 1. The van der Waals surface area contributed by atoms with Crippen molar-refractivity contribution in [1.29, 1.82) is 0 Å². The Morgan fingerprint density at radius 3 is 2.25 bits per heavy atom. The molecule has 0 bridgehead atoms. The Bertz CT molecular complexity index is 168. The van der Waals surface area contributed by atoms with Crippen molar-refractivity contribution >= 4 is 16.1 Å². The molecule has 0 aromatic rings. The molecule has 4 heteroatoms. The molecule has 0 amide bonds. The van der Waals surface area contributed by atoms with Gasteiger partial charge in [0.15, 0.2) is 9.84 Å². The van der Waals surface area contributed by atoms with Crippen molar-refractivity contribution < 1.29 is 8.42 Å². The smallest absolute Gasteiger partial charge is 0.152 e. The van der Waals surface area contributed by atoms with E-state index in [0.29, 0.717) is 0 Å². The van der Waals surface area contributed by atoms with Gasteiger partial charge in [-0.1, -0.05) is 0 Å². The molecule has 0 heterocycles. The maximum Gasteiger partial charge on any atom is 0.152 e. The summed E-state index contributed by atoms with van der Waals surface area (Å²) in [5, 5.41) is 0. The van der Waals surface area contributed by atoms with Gasteiger partial charge in [-0.05, 0) is 0 Å². The minimum atomic E-state index is -2.84. The summed E-state index contributed by atoms with van der Waals surface area (Å²) in [7, 11) is -1.29. The first-order valence-corrected chi connectivity index (χ1v) is 4.20. The average molecular weight is 135 g/mol. The quantitative estimate of drug-likeness (QED) is 0.489. The fraction of sp³-hybridized carbons (Fsp3) is 0.750. The highest BCUT2D eigenvalue weighted by Crippen LogP contribution is 1.75. The molecule has 0 aliphatic carbocycles. The molecule has 3 nitrogen and oxygen atoms in total. The third kappa shape index (κ3) is 5.62. The van der Waals surface area contributed by atoms with Crippen molar-refractivity contribution in [2.24, 2.45) is 4.99 Å². The lowest BCUT2D eigenvalue weighted by atomic mass is 10.9. The molecule has 0 rings (SSSR count). The molecule has 0 aromatic carbocycles. The third-order valence-electron chi connectivity index (χ3n) is 0.560. The Morgan fingerprint density at radius 1 is 1.62 bits per heavy atom. The molecular formula is C4H9NO2S. The fourth-order valence-electron chi connectivity index (χ4n) is 0.210. The first-order valence-electron chi connectivity index (χ1n) is 2.14. The average Bonchev–Trinajstić information content (AvgIpc) is 1.59. The van der Waals surface area contributed by atoms with Crippen molar-refractivity contribution in [2.75, 3.05) is 19.1 Å². The first-order chi connectivity index (χ1) is 3.56. The molecule has 0 unspecified atom stereocenters. The van der Waals surface area contributed by atoms with Crippen LogP contribution in [-0.4, -0.2) is 33.7 Å². The molecule has 8 heavy (non-hydrogen) atoms. The molecule has 48 valence electrons. The lowest BCUT2D eigenvalue weighted by molar-refractivity contribution is 0.605. The van der Waals surface area contributed by atoms with Crippen molar-refractivity contribution in [3.8, 4) is 0 Å². The first kappa shape index (κ1) is 7.62. The van der Waals surface area contributed by atoms with Crippen LogP contribution in [0.5, 0.6) is 0 Å². The zero-order valence-corrected chi connectivity index (χ0v) is 5.77. The molecule has 0 aliphatic heterocycles. The normalized spacial score (nSPS) is 12.8. The van der Waals surface area contributed by atoms with E-state index >= 15 is 0 Å². The highest BCUT2D eigenvalue weighted by molar-refractivity contribution is 7.91. The highest BCUT2D eigenvalue weighted by atomic mass is 32.2. The van der Waals surface area contributed by atoms with E-state index < -0.39 is 9.84 Å². The second kappa shape index (κ2) is 2.81. The highest BCUT2D eigenvalue weighted by Gasteiger charge is 1.94. The number of hydrogen-bond donors (Lipinski definition) is 0. The van der Waals surface area contributed by atoms with Gasteiger partial charge in [0.05, 0.1) is 5.75 Å². The van der Waals surface area contributed by atoms with Crippen LogP contribution in [0.15, 0.2) is 4.99 Å². The summed E-state index contributed by atoms with van der Waals surface area (Å²) in [6, 6.07) is 0. The lowest BCUT2D eigenvalue weighted by Crippen LogP contribution is -2.02. The Hall–Kier alpha value is -0.380. The largest absolute Gasteiger partial charge is 0.300 e. The minimum absolute atomic E-state index is 0.0451. The predicted molar refractivity (Wildman–Crippen MR) is 34.1 cm³/mol. The van der Waals surface area contributed by atoms with Gasteiger partial charge in [-0.3, -0.25) is 4.99 Å². The summed E-state index contributed by atoms with van der Waals surface area (Å²) in [6.07, 6.45) is 2.55. The van der Waals surface area contributed by atoms with Crippen molar-refractivity contribution in [3.63, 3.8) is 0 Å². The van der Waals surface area contributed by atoms with Gasteiger partial charge >= 0.3 is 0 Å². The summed E-state index contributed by atoms with van der Waals surface area (Å²) >= 11 is 0. The zero-order chi connectivity index (χ0) is 6.62. The van der Waals surface area contributed by atoms with Crippen LogP contribution in [0.4, 0.5) is 0 Å². The minimum Gasteiger partial charge on any atom is -0.300 e. The molecule has 0 N–H and O–H groups in total. The molecule has 0 radical (unpaired) electrons. The number of hydrogen-bond acceptors (Lipinski definition) is 3. The van der Waals surface area contributed by atoms with Gasteiger partial charge < -0.3 is 0 Å². The van der Waals surface area contributed by atoms with Crippen LogP contribution in [-0.2, 0) is 9.84 Å². The van der Waals surface area contributed by atoms with E-state index in [4.69, 9.17) is 0 Å². The Labute approximate surface area is 49.4 Å². The van der Waals surface area contributed by atoms with Crippen molar-refractivity contribution in [1.82, 2.24) is 0 Å². The zero-order valence-electron chi connectivity index (χ0n) is 4.96. The Morgan fingerprint density at radius 2 is 2.12 bits per heavy atom. The third-order valence-corrected chi connectivity index (χ3v) is 1.31. The second-order valence-electron chi connectivity index (χ2n) is 1.53.